The van der Waals surface area contributed by atoms with Crippen LogP contribution >= 0.6 is 11.8 Å². The van der Waals surface area contributed by atoms with E-state index in [2.05, 4.69) is 20.3 Å². The summed E-state index contributed by atoms with van der Waals surface area (Å²) in [6, 6.07) is 5.74. The van der Waals surface area contributed by atoms with Gasteiger partial charge >= 0.3 is 0 Å². The Morgan fingerprint density at radius 2 is 2.15 bits per heavy atom. The zero-order chi connectivity index (χ0) is 17.9. The second-order valence-corrected chi connectivity index (χ2v) is 6.59. The van der Waals surface area contributed by atoms with Gasteiger partial charge in [-0.2, -0.15) is 5.10 Å². The van der Waals surface area contributed by atoms with Gasteiger partial charge in [-0.1, -0.05) is 11.8 Å². The molecule has 0 aliphatic carbocycles. The minimum atomic E-state index is 0.240. The number of fused-ring (bicyclic) bond motifs is 1. The monoisotopic (exact) mass is 374 g/mol. The summed E-state index contributed by atoms with van der Waals surface area (Å²) in [5, 5.41) is 13.5. The minimum Gasteiger partial charge on any atom is -0.454 e. The Hall–Kier alpha value is -2.59. The van der Waals surface area contributed by atoms with Crippen LogP contribution in [0, 0.1) is 0 Å². The minimum absolute atomic E-state index is 0.240. The average molecular weight is 374 g/mol. The molecule has 0 N–H and O–H groups in total. The molecule has 0 atom stereocenters. The Kier molecular flexibility index (Phi) is 4.76. The van der Waals surface area contributed by atoms with Crippen molar-refractivity contribution in [2.24, 2.45) is 7.05 Å². The van der Waals surface area contributed by atoms with Crippen LogP contribution in [0.3, 0.4) is 0 Å². The van der Waals surface area contributed by atoms with E-state index in [4.69, 9.17) is 14.2 Å². The molecule has 136 valence electrons. The molecule has 26 heavy (non-hydrogen) atoms. The molecular formula is C16H18N6O3S. The summed E-state index contributed by atoms with van der Waals surface area (Å²) in [5.74, 6) is 3.62. The molecule has 1 aliphatic rings. The molecule has 0 fully saturated rings. The lowest BCUT2D eigenvalue weighted by Crippen LogP contribution is -2.03. The van der Waals surface area contributed by atoms with Gasteiger partial charge in [0.2, 0.25) is 6.79 Å². The van der Waals surface area contributed by atoms with Gasteiger partial charge in [0.05, 0.1) is 18.0 Å². The molecule has 0 unspecified atom stereocenters. The highest BCUT2D eigenvalue weighted by Crippen LogP contribution is 2.34. The van der Waals surface area contributed by atoms with Gasteiger partial charge in [-0.15, -0.1) is 10.2 Å². The van der Waals surface area contributed by atoms with E-state index in [-0.39, 0.29) is 6.79 Å². The summed E-state index contributed by atoms with van der Waals surface area (Å²) < 4.78 is 19.7. The van der Waals surface area contributed by atoms with E-state index >= 15 is 0 Å². The third kappa shape index (κ3) is 3.37. The molecule has 4 rings (SSSR count). The van der Waals surface area contributed by atoms with E-state index in [1.54, 1.807) is 25.2 Å². The quantitative estimate of drug-likeness (QED) is 0.576. The lowest BCUT2D eigenvalue weighted by Gasteiger charge is -2.06. The third-order valence-corrected chi connectivity index (χ3v) is 4.88. The van der Waals surface area contributed by atoms with Crippen molar-refractivity contribution >= 4 is 11.8 Å². The lowest BCUT2D eigenvalue weighted by molar-refractivity contribution is 0.174. The van der Waals surface area contributed by atoms with Gasteiger partial charge in [0.25, 0.3) is 0 Å². The number of nitrogens with zero attached hydrogens (tertiary/aromatic N) is 6. The lowest BCUT2D eigenvalue weighted by atomic mass is 10.3. The van der Waals surface area contributed by atoms with Crippen LogP contribution in [0.2, 0.25) is 0 Å². The molecule has 0 radical (unpaired) electrons. The zero-order valence-electron chi connectivity index (χ0n) is 14.5. The van der Waals surface area contributed by atoms with Crippen LogP contribution in [0.4, 0.5) is 0 Å². The van der Waals surface area contributed by atoms with Crippen molar-refractivity contribution in [1.82, 2.24) is 29.5 Å². The van der Waals surface area contributed by atoms with Gasteiger partial charge in [-0.3, -0.25) is 0 Å². The van der Waals surface area contributed by atoms with Crippen molar-refractivity contribution in [3.63, 3.8) is 0 Å². The van der Waals surface area contributed by atoms with E-state index in [9.17, 15) is 0 Å². The number of ether oxygens (including phenoxy) is 3. The van der Waals surface area contributed by atoms with Crippen LogP contribution in [0.15, 0.2) is 29.7 Å². The van der Waals surface area contributed by atoms with Crippen LogP contribution in [0.1, 0.15) is 11.6 Å². The molecule has 0 saturated carbocycles. The molecule has 3 heterocycles. The Labute approximate surface area is 154 Å². The van der Waals surface area contributed by atoms with E-state index in [1.165, 1.54) is 0 Å². The second kappa shape index (κ2) is 7.34. The number of hydrogen-bond donors (Lipinski definition) is 0. The summed E-state index contributed by atoms with van der Waals surface area (Å²) in [6.07, 6.45) is 2.32. The largest absolute Gasteiger partial charge is 0.454 e. The zero-order valence-corrected chi connectivity index (χ0v) is 15.3. The van der Waals surface area contributed by atoms with Gasteiger partial charge < -0.3 is 18.8 Å². The van der Waals surface area contributed by atoms with Crippen molar-refractivity contribution in [3.05, 3.63) is 36.2 Å². The molecule has 2 aromatic heterocycles. The molecule has 0 spiro atoms. The Bertz CT molecular complexity index is 909. The van der Waals surface area contributed by atoms with Gasteiger partial charge in [-0.05, 0) is 12.1 Å². The smallest absolute Gasteiger partial charge is 0.231 e. The molecule has 0 amide bonds. The highest BCUT2D eigenvalue weighted by atomic mass is 32.2. The maximum atomic E-state index is 5.48. The van der Waals surface area contributed by atoms with Crippen LogP contribution in [0.25, 0.3) is 5.69 Å². The van der Waals surface area contributed by atoms with Crippen molar-refractivity contribution in [3.8, 4) is 17.2 Å². The van der Waals surface area contributed by atoms with Crippen LogP contribution < -0.4 is 9.47 Å². The fraction of sp³-hybridized carbons (Fsp3) is 0.375. The van der Waals surface area contributed by atoms with Gasteiger partial charge in [0.15, 0.2) is 22.5 Å². The molecule has 10 heteroatoms. The normalized spacial score (nSPS) is 12.7. The Balaban J connectivity index is 1.63. The van der Waals surface area contributed by atoms with Crippen molar-refractivity contribution < 1.29 is 14.2 Å². The number of rotatable bonds is 7. The van der Waals surface area contributed by atoms with Crippen molar-refractivity contribution in [2.75, 3.05) is 20.5 Å². The summed E-state index contributed by atoms with van der Waals surface area (Å²) in [6.45, 7) is 0.811. The van der Waals surface area contributed by atoms with E-state index in [0.29, 0.717) is 24.5 Å². The summed E-state index contributed by atoms with van der Waals surface area (Å²) in [4.78, 5) is 4.67. The topological polar surface area (TPSA) is 89.1 Å². The standard InChI is InChI=1S/C16H18N6O3S/c1-21-9-17-19-16(21)26-8-15-18-14(5-6-23-2)20-22(15)11-3-4-12-13(7-11)25-10-24-12/h3-4,7,9H,5-6,8,10H2,1-2H3. The predicted molar refractivity (Wildman–Crippen MR) is 93.6 cm³/mol. The first-order valence-electron chi connectivity index (χ1n) is 8.05. The number of thioether (sulfide) groups is 1. The maximum absolute atomic E-state index is 5.48. The van der Waals surface area contributed by atoms with Gasteiger partial charge in [0.1, 0.15) is 12.2 Å². The molecule has 1 aromatic carbocycles. The average Bonchev–Trinajstić information content (AvgIpc) is 3.37. The van der Waals surface area contributed by atoms with Crippen molar-refractivity contribution in [2.45, 2.75) is 17.3 Å². The van der Waals surface area contributed by atoms with Crippen LogP contribution in [0.5, 0.6) is 11.5 Å². The first-order chi connectivity index (χ1) is 12.7. The summed E-state index contributed by atoms with van der Waals surface area (Å²) >= 11 is 1.56. The van der Waals surface area contributed by atoms with E-state index < -0.39 is 0 Å². The number of methoxy groups -OCH3 is 1. The number of hydrogen-bond acceptors (Lipinski definition) is 8. The van der Waals surface area contributed by atoms with E-state index in [1.807, 2.05) is 34.5 Å². The molecule has 3 aromatic rings. The highest BCUT2D eigenvalue weighted by Gasteiger charge is 2.18. The third-order valence-electron chi connectivity index (χ3n) is 3.85. The summed E-state index contributed by atoms with van der Waals surface area (Å²) in [5.41, 5.74) is 0.874. The molecule has 0 saturated heterocycles. The second-order valence-electron chi connectivity index (χ2n) is 5.65. The molecule has 9 nitrogen and oxygen atoms in total. The van der Waals surface area contributed by atoms with E-state index in [0.717, 1.165) is 28.2 Å². The fourth-order valence-electron chi connectivity index (χ4n) is 2.54. The van der Waals surface area contributed by atoms with Crippen LogP contribution in [-0.4, -0.2) is 50.0 Å². The number of benzene rings is 1. The first kappa shape index (κ1) is 16.9. The van der Waals surface area contributed by atoms with Gasteiger partial charge in [-0.25, -0.2) is 9.67 Å². The van der Waals surface area contributed by atoms with Crippen molar-refractivity contribution in [1.29, 1.82) is 0 Å². The molecule has 0 bridgehead atoms. The van der Waals surface area contributed by atoms with Crippen LogP contribution in [-0.2, 0) is 24.0 Å². The number of aromatic nitrogens is 6. The Morgan fingerprint density at radius 3 is 2.96 bits per heavy atom. The SMILES string of the molecule is COCCc1nc(CSc2nncn2C)n(-c2ccc3c(c2)OCO3)n1. The highest BCUT2D eigenvalue weighted by molar-refractivity contribution is 7.98. The summed E-state index contributed by atoms with van der Waals surface area (Å²) in [7, 11) is 3.58. The fourth-order valence-corrected chi connectivity index (χ4v) is 3.34. The predicted octanol–water partition coefficient (Wildman–Crippen LogP) is 1.61. The Morgan fingerprint density at radius 1 is 1.27 bits per heavy atom. The maximum Gasteiger partial charge on any atom is 0.231 e. The first-order valence-corrected chi connectivity index (χ1v) is 9.03. The number of aryl methyl sites for hydroxylation is 1. The molecular weight excluding hydrogens is 356 g/mol. The molecule has 1 aliphatic heterocycles. The van der Waals surface area contributed by atoms with Gasteiger partial charge in [0, 0.05) is 26.6 Å².